The van der Waals surface area contributed by atoms with Crippen molar-refractivity contribution in [3.8, 4) is 0 Å². The molecule has 2 atom stereocenters. The summed E-state index contributed by atoms with van der Waals surface area (Å²) in [6.45, 7) is 2.76. The summed E-state index contributed by atoms with van der Waals surface area (Å²) in [5.41, 5.74) is 0.587. The van der Waals surface area contributed by atoms with Gasteiger partial charge in [0.15, 0.2) is 0 Å². The Kier molecular flexibility index (Phi) is 4.65. The molecule has 2 rings (SSSR count). The highest BCUT2D eigenvalue weighted by Gasteiger charge is 2.24. The second kappa shape index (κ2) is 6.04. The van der Waals surface area contributed by atoms with E-state index in [1.165, 1.54) is 0 Å². The van der Waals surface area contributed by atoms with E-state index in [2.05, 4.69) is 21.2 Å². The van der Waals surface area contributed by atoms with Gasteiger partial charge in [-0.15, -0.1) is 0 Å². The van der Waals surface area contributed by atoms with Crippen LogP contribution in [0.4, 0.5) is 0 Å². The average Bonchev–Trinajstić information content (AvgIpc) is 2.81. The first-order chi connectivity index (χ1) is 8.58. The minimum Gasteiger partial charge on any atom is -0.376 e. The van der Waals surface area contributed by atoms with Gasteiger partial charge in [0.25, 0.3) is 5.91 Å². The number of halogens is 2. The third-order valence-electron chi connectivity index (χ3n) is 3.06. The molecule has 3 nitrogen and oxygen atoms in total. The van der Waals surface area contributed by atoms with Crippen LogP contribution in [0.1, 0.15) is 30.1 Å². The fraction of sp³-hybridized carbons (Fsp3) is 0.462. The summed E-state index contributed by atoms with van der Waals surface area (Å²) in [4.78, 5) is 12.1. The van der Waals surface area contributed by atoms with Gasteiger partial charge in [-0.1, -0.05) is 11.6 Å². The maximum absolute atomic E-state index is 12.1. The summed E-state index contributed by atoms with van der Waals surface area (Å²) in [7, 11) is 0. The smallest absolute Gasteiger partial charge is 0.252 e. The molecule has 2 unspecified atom stereocenters. The Morgan fingerprint density at radius 1 is 1.61 bits per heavy atom. The van der Waals surface area contributed by atoms with Gasteiger partial charge in [0, 0.05) is 16.1 Å². The summed E-state index contributed by atoms with van der Waals surface area (Å²) in [6.07, 6.45) is 2.19. The molecule has 0 radical (unpaired) electrons. The third-order valence-corrected chi connectivity index (χ3v) is 3.95. The second-order valence-electron chi connectivity index (χ2n) is 4.44. The molecule has 1 heterocycles. The van der Waals surface area contributed by atoms with E-state index in [4.69, 9.17) is 16.3 Å². The first-order valence-electron chi connectivity index (χ1n) is 5.95. The first kappa shape index (κ1) is 13.8. The van der Waals surface area contributed by atoms with Crippen LogP contribution < -0.4 is 5.32 Å². The molecule has 5 heteroatoms. The number of carbonyl (C=O) groups is 1. The van der Waals surface area contributed by atoms with Crippen molar-refractivity contribution in [3.63, 3.8) is 0 Å². The van der Waals surface area contributed by atoms with Crippen molar-refractivity contribution in [1.29, 1.82) is 0 Å². The molecule has 0 saturated carbocycles. The van der Waals surface area contributed by atoms with Crippen molar-refractivity contribution < 1.29 is 9.53 Å². The van der Waals surface area contributed by atoms with E-state index in [1.54, 1.807) is 18.2 Å². The van der Waals surface area contributed by atoms with Crippen LogP contribution in [0.15, 0.2) is 22.7 Å². The van der Waals surface area contributed by atoms with Gasteiger partial charge in [-0.3, -0.25) is 4.79 Å². The van der Waals surface area contributed by atoms with Gasteiger partial charge in [-0.2, -0.15) is 0 Å². The highest BCUT2D eigenvalue weighted by Crippen LogP contribution is 2.22. The molecule has 0 spiro atoms. The monoisotopic (exact) mass is 331 g/mol. The molecule has 98 valence electrons. The topological polar surface area (TPSA) is 38.3 Å². The lowest BCUT2D eigenvalue weighted by Gasteiger charge is -2.20. The lowest BCUT2D eigenvalue weighted by molar-refractivity contribution is 0.0712. The largest absolute Gasteiger partial charge is 0.376 e. The Labute approximate surface area is 120 Å². The zero-order chi connectivity index (χ0) is 13.1. The van der Waals surface area contributed by atoms with Crippen molar-refractivity contribution in [2.45, 2.75) is 31.9 Å². The number of benzene rings is 1. The summed E-state index contributed by atoms with van der Waals surface area (Å²) in [5.74, 6) is -0.110. The van der Waals surface area contributed by atoms with Crippen molar-refractivity contribution >= 4 is 33.4 Å². The van der Waals surface area contributed by atoms with Crippen LogP contribution in [0.2, 0.25) is 5.02 Å². The summed E-state index contributed by atoms with van der Waals surface area (Å²) < 4.78 is 6.25. The van der Waals surface area contributed by atoms with E-state index in [1.807, 2.05) is 6.92 Å². The molecule has 1 aromatic carbocycles. The molecule has 0 bridgehead atoms. The highest BCUT2D eigenvalue weighted by molar-refractivity contribution is 9.10. The Morgan fingerprint density at radius 3 is 3.00 bits per heavy atom. The minimum absolute atomic E-state index is 0.0163. The van der Waals surface area contributed by atoms with Gasteiger partial charge in [-0.05, 0) is 53.9 Å². The quantitative estimate of drug-likeness (QED) is 0.921. The number of hydrogen-bond acceptors (Lipinski definition) is 2. The maximum Gasteiger partial charge on any atom is 0.252 e. The lowest BCUT2D eigenvalue weighted by Crippen LogP contribution is -2.40. The van der Waals surface area contributed by atoms with E-state index < -0.39 is 0 Å². The van der Waals surface area contributed by atoms with Gasteiger partial charge in [0.2, 0.25) is 0 Å². The molecule has 1 fully saturated rings. The number of amides is 1. The SMILES string of the molecule is CC(NC(=O)c1ccc(Cl)cc1Br)C1CCCO1. The van der Waals surface area contributed by atoms with Crippen LogP contribution in [0.3, 0.4) is 0 Å². The number of carbonyl (C=O) groups excluding carboxylic acids is 1. The Balaban J connectivity index is 2.02. The molecule has 1 aliphatic rings. The van der Waals surface area contributed by atoms with E-state index in [0.717, 1.165) is 19.4 Å². The van der Waals surface area contributed by atoms with Crippen LogP contribution in [0.5, 0.6) is 0 Å². The molecular formula is C13H15BrClNO2. The third kappa shape index (κ3) is 3.25. The maximum atomic E-state index is 12.1. The van der Waals surface area contributed by atoms with E-state index >= 15 is 0 Å². The van der Waals surface area contributed by atoms with Crippen LogP contribution in [-0.2, 0) is 4.74 Å². The molecule has 1 aromatic rings. The Morgan fingerprint density at radius 2 is 2.39 bits per heavy atom. The number of nitrogens with one attached hydrogen (secondary N) is 1. The zero-order valence-electron chi connectivity index (χ0n) is 10.1. The molecule has 0 aliphatic carbocycles. The van der Waals surface area contributed by atoms with Crippen LogP contribution >= 0.6 is 27.5 Å². The molecule has 1 aliphatic heterocycles. The van der Waals surface area contributed by atoms with Crippen molar-refractivity contribution in [3.05, 3.63) is 33.3 Å². The Bertz CT molecular complexity index is 447. The standard InChI is InChI=1S/C13H15BrClNO2/c1-8(12-3-2-6-18-12)16-13(17)10-5-4-9(15)7-11(10)14/h4-5,7-8,12H,2-3,6H2,1H3,(H,16,17). The predicted molar refractivity (Wildman–Crippen MR) is 75.1 cm³/mol. The molecule has 1 amide bonds. The van der Waals surface area contributed by atoms with Crippen molar-refractivity contribution in [2.75, 3.05) is 6.61 Å². The fourth-order valence-corrected chi connectivity index (χ4v) is 2.91. The van der Waals surface area contributed by atoms with Gasteiger partial charge in [0.05, 0.1) is 17.7 Å². The number of ether oxygens (including phenoxy) is 1. The second-order valence-corrected chi connectivity index (χ2v) is 5.73. The normalized spacial score (nSPS) is 20.7. The van der Waals surface area contributed by atoms with Crippen LogP contribution in [0.25, 0.3) is 0 Å². The van der Waals surface area contributed by atoms with Crippen LogP contribution in [0, 0.1) is 0 Å². The molecule has 18 heavy (non-hydrogen) atoms. The number of rotatable bonds is 3. The van der Waals surface area contributed by atoms with Crippen molar-refractivity contribution in [2.24, 2.45) is 0 Å². The van der Waals surface area contributed by atoms with Crippen LogP contribution in [-0.4, -0.2) is 24.7 Å². The van der Waals surface area contributed by atoms with E-state index in [9.17, 15) is 4.79 Å². The number of hydrogen-bond donors (Lipinski definition) is 1. The van der Waals surface area contributed by atoms with Gasteiger partial charge < -0.3 is 10.1 Å². The molecule has 1 N–H and O–H groups in total. The fourth-order valence-electron chi connectivity index (χ4n) is 2.05. The molecule has 1 saturated heterocycles. The van der Waals surface area contributed by atoms with E-state index in [-0.39, 0.29) is 18.1 Å². The highest BCUT2D eigenvalue weighted by atomic mass is 79.9. The summed E-state index contributed by atoms with van der Waals surface area (Å²) in [6, 6.07) is 5.15. The molecular weight excluding hydrogens is 318 g/mol. The van der Waals surface area contributed by atoms with E-state index in [0.29, 0.717) is 15.1 Å². The average molecular weight is 333 g/mol. The molecule has 0 aromatic heterocycles. The predicted octanol–water partition coefficient (Wildman–Crippen LogP) is 3.40. The first-order valence-corrected chi connectivity index (χ1v) is 7.12. The minimum atomic E-state index is -0.110. The van der Waals surface area contributed by atoms with Crippen molar-refractivity contribution in [1.82, 2.24) is 5.32 Å². The Hall–Kier alpha value is -0.580. The lowest BCUT2D eigenvalue weighted by atomic mass is 10.1. The summed E-state index contributed by atoms with van der Waals surface area (Å²) >= 11 is 9.19. The van der Waals surface area contributed by atoms with Gasteiger partial charge >= 0.3 is 0 Å². The van der Waals surface area contributed by atoms with Gasteiger partial charge in [-0.25, -0.2) is 0 Å². The summed E-state index contributed by atoms with van der Waals surface area (Å²) in [5, 5.41) is 3.56. The van der Waals surface area contributed by atoms with Gasteiger partial charge in [0.1, 0.15) is 0 Å². The zero-order valence-corrected chi connectivity index (χ0v) is 12.4.